The van der Waals surface area contributed by atoms with Gasteiger partial charge in [-0.3, -0.25) is 19.2 Å². The Labute approximate surface area is 261 Å². The molecule has 0 aliphatic carbocycles. The lowest BCUT2D eigenvalue weighted by atomic mass is 10.00. The van der Waals surface area contributed by atoms with Crippen molar-refractivity contribution in [2.45, 2.75) is 40.0 Å². The number of halogens is 1. The van der Waals surface area contributed by atoms with Crippen molar-refractivity contribution in [3.8, 4) is 23.0 Å². The molecule has 4 aromatic rings. The van der Waals surface area contributed by atoms with Crippen molar-refractivity contribution < 1.29 is 47.6 Å². The van der Waals surface area contributed by atoms with E-state index >= 15 is 4.39 Å². The van der Waals surface area contributed by atoms with Crippen molar-refractivity contribution in [1.82, 2.24) is 0 Å². The molecule has 1 N–H and O–H groups in total. The van der Waals surface area contributed by atoms with Crippen molar-refractivity contribution in [1.29, 1.82) is 0 Å². The second-order valence-electron chi connectivity index (χ2n) is 10.5. The lowest BCUT2D eigenvalue weighted by Crippen LogP contribution is -2.13. The fourth-order valence-corrected chi connectivity index (χ4v) is 6.44. The first-order valence-electron chi connectivity index (χ1n) is 13.9. The van der Waals surface area contributed by atoms with E-state index in [0.717, 1.165) is 21.4 Å². The van der Waals surface area contributed by atoms with Crippen LogP contribution < -0.4 is 18.9 Å². The summed E-state index contributed by atoms with van der Waals surface area (Å²) < 4.78 is 39.3. The number of aliphatic carboxylic acids is 1. The SMILES string of the molecule is COc1cc2cc(C(=O)C[C@H](C)C(=O)O)sc2cc1OCCCOc1c(OC)cc2sc(C(=O)C[C@H](C)C(C)=O)cc2c1F. The number of carboxylic acid groups (broad SMARTS) is 1. The van der Waals surface area contributed by atoms with Crippen LogP contribution in [0.2, 0.25) is 0 Å². The molecule has 2 atom stereocenters. The summed E-state index contributed by atoms with van der Waals surface area (Å²) in [4.78, 5) is 48.8. The highest BCUT2D eigenvalue weighted by atomic mass is 32.1. The van der Waals surface area contributed by atoms with E-state index in [-0.39, 0.29) is 60.3 Å². The Morgan fingerprint density at radius 3 is 2.02 bits per heavy atom. The Hall–Kier alpha value is -4.03. The van der Waals surface area contributed by atoms with Gasteiger partial charge in [0, 0.05) is 52.1 Å². The van der Waals surface area contributed by atoms with Crippen LogP contribution in [0.3, 0.4) is 0 Å². The summed E-state index contributed by atoms with van der Waals surface area (Å²) in [5.41, 5.74) is 0. The van der Waals surface area contributed by atoms with E-state index in [9.17, 15) is 19.2 Å². The summed E-state index contributed by atoms with van der Waals surface area (Å²) >= 11 is 2.40. The highest BCUT2D eigenvalue weighted by molar-refractivity contribution is 7.21. The zero-order valence-electron chi connectivity index (χ0n) is 25.0. The Balaban J connectivity index is 1.41. The van der Waals surface area contributed by atoms with Gasteiger partial charge >= 0.3 is 5.97 Å². The molecular weight excluding hydrogens is 611 g/mol. The van der Waals surface area contributed by atoms with Crippen LogP contribution in [0.1, 0.15) is 59.4 Å². The summed E-state index contributed by atoms with van der Waals surface area (Å²) in [6.45, 7) is 4.95. The Morgan fingerprint density at radius 1 is 0.795 bits per heavy atom. The molecule has 0 aliphatic rings. The maximum atomic E-state index is 15.5. The molecule has 0 saturated carbocycles. The van der Waals surface area contributed by atoms with Gasteiger partial charge in [-0.1, -0.05) is 13.8 Å². The number of thiophene rings is 2. The first-order chi connectivity index (χ1) is 20.9. The number of hydrogen-bond acceptors (Lipinski definition) is 10. The molecule has 0 fully saturated rings. The Bertz CT molecular complexity index is 1720. The number of ether oxygens (including phenoxy) is 4. The van der Waals surface area contributed by atoms with Gasteiger partial charge in [0.15, 0.2) is 40.4 Å². The maximum Gasteiger partial charge on any atom is 0.306 e. The average molecular weight is 645 g/mol. The van der Waals surface area contributed by atoms with Gasteiger partial charge in [-0.25, -0.2) is 4.39 Å². The first-order valence-corrected chi connectivity index (χ1v) is 15.5. The molecule has 2 aromatic carbocycles. The standard InChI is InChI=1S/C32H33FO9S2/c1-16(18(3)34)9-21(35)29-13-20-27(44-29)15-25(40-5)31(30(20)33)42-8-6-7-41-24-14-26-19(11-23(24)39-4)12-28(43-26)22(36)10-17(2)32(37)38/h11-17H,6-10H2,1-5H3,(H,37,38)/t16-,17-/m0/s1. The molecule has 234 valence electrons. The number of methoxy groups -OCH3 is 2. The minimum Gasteiger partial charge on any atom is -0.493 e. The van der Waals surface area contributed by atoms with Gasteiger partial charge in [-0.05, 0) is 30.5 Å². The number of ketones is 3. The third kappa shape index (κ3) is 7.36. The zero-order chi connectivity index (χ0) is 32.1. The van der Waals surface area contributed by atoms with E-state index in [1.807, 2.05) is 0 Å². The number of carbonyl (C=O) groups is 4. The van der Waals surface area contributed by atoms with Gasteiger partial charge in [-0.15, -0.1) is 22.7 Å². The van der Waals surface area contributed by atoms with Crippen LogP contribution in [0.25, 0.3) is 20.2 Å². The summed E-state index contributed by atoms with van der Waals surface area (Å²) in [6, 6.07) is 8.35. The molecular formula is C32H33FO9S2. The van der Waals surface area contributed by atoms with Crippen molar-refractivity contribution in [3.63, 3.8) is 0 Å². The minimum absolute atomic E-state index is 0.0554. The Kier molecular flexibility index (Phi) is 10.6. The fourth-order valence-electron chi connectivity index (χ4n) is 4.38. The van der Waals surface area contributed by atoms with E-state index in [1.165, 1.54) is 45.5 Å². The molecule has 0 bridgehead atoms. The van der Waals surface area contributed by atoms with E-state index < -0.39 is 23.6 Å². The van der Waals surface area contributed by atoms with E-state index in [0.29, 0.717) is 32.4 Å². The summed E-state index contributed by atoms with van der Waals surface area (Å²) in [7, 11) is 2.91. The molecule has 0 radical (unpaired) electrons. The van der Waals surface area contributed by atoms with Crippen LogP contribution >= 0.6 is 22.7 Å². The van der Waals surface area contributed by atoms with Crippen LogP contribution in [0.4, 0.5) is 4.39 Å². The number of rotatable bonds is 16. The van der Waals surface area contributed by atoms with Gasteiger partial charge in [0.25, 0.3) is 0 Å². The second kappa shape index (κ2) is 14.2. The molecule has 2 heterocycles. The van der Waals surface area contributed by atoms with Crippen LogP contribution in [-0.2, 0) is 9.59 Å². The van der Waals surface area contributed by atoms with E-state index in [4.69, 9.17) is 24.1 Å². The van der Waals surface area contributed by atoms with Gasteiger partial charge in [0.2, 0.25) is 0 Å². The lowest BCUT2D eigenvalue weighted by molar-refractivity contribution is -0.141. The smallest absolute Gasteiger partial charge is 0.306 e. The van der Waals surface area contributed by atoms with Crippen LogP contribution in [0, 0.1) is 17.7 Å². The summed E-state index contributed by atoms with van der Waals surface area (Å²) in [5.74, 6) is -2.35. The molecule has 0 spiro atoms. The van der Waals surface area contributed by atoms with Crippen molar-refractivity contribution >= 4 is 66.2 Å². The highest BCUT2D eigenvalue weighted by Gasteiger charge is 2.23. The molecule has 12 heteroatoms. The predicted molar refractivity (Wildman–Crippen MR) is 167 cm³/mol. The third-order valence-corrected chi connectivity index (χ3v) is 9.41. The number of benzene rings is 2. The molecule has 0 unspecified atom stereocenters. The van der Waals surface area contributed by atoms with Crippen LogP contribution in [-0.4, -0.2) is 55.9 Å². The molecule has 0 saturated heterocycles. The number of hydrogen-bond donors (Lipinski definition) is 1. The first kappa shape index (κ1) is 32.9. The van der Waals surface area contributed by atoms with Crippen LogP contribution in [0.5, 0.6) is 23.0 Å². The van der Waals surface area contributed by atoms with E-state index in [2.05, 4.69) is 0 Å². The minimum atomic E-state index is -1.02. The average Bonchev–Trinajstić information content (AvgIpc) is 3.61. The molecule has 2 aromatic heterocycles. The van der Waals surface area contributed by atoms with Gasteiger partial charge in [0.05, 0.1) is 43.1 Å². The molecule has 44 heavy (non-hydrogen) atoms. The quantitative estimate of drug-likeness (QED) is 0.0995. The number of fused-ring (bicyclic) bond motifs is 2. The third-order valence-electron chi connectivity index (χ3n) is 7.15. The monoisotopic (exact) mass is 644 g/mol. The molecule has 0 aliphatic heterocycles. The number of Topliss-reactive ketones (excluding diaryl/α,β-unsaturated/α-hetero) is 3. The van der Waals surface area contributed by atoms with Gasteiger partial charge < -0.3 is 24.1 Å². The van der Waals surface area contributed by atoms with E-state index in [1.54, 1.807) is 31.2 Å². The Morgan fingerprint density at radius 2 is 1.39 bits per heavy atom. The molecule has 0 amide bonds. The topological polar surface area (TPSA) is 125 Å². The number of carbonyl (C=O) groups excluding carboxylic acids is 3. The second-order valence-corrected chi connectivity index (χ2v) is 12.6. The van der Waals surface area contributed by atoms with Crippen molar-refractivity contribution in [3.05, 3.63) is 45.9 Å². The zero-order valence-corrected chi connectivity index (χ0v) is 26.6. The lowest BCUT2D eigenvalue weighted by Gasteiger charge is -2.13. The predicted octanol–water partition coefficient (Wildman–Crippen LogP) is 7.21. The van der Waals surface area contributed by atoms with Gasteiger partial charge in [0.1, 0.15) is 5.78 Å². The van der Waals surface area contributed by atoms with Crippen LogP contribution in [0.15, 0.2) is 30.3 Å². The molecule has 4 rings (SSSR count). The fraction of sp³-hybridized carbons (Fsp3) is 0.375. The molecule has 9 nitrogen and oxygen atoms in total. The highest BCUT2D eigenvalue weighted by Crippen LogP contribution is 2.41. The number of carboxylic acids is 1. The summed E-state index contributed by atoms with van der Waals surface area (Å²) in [6.07, 6.45) is 0.353. The maximum absolute atomic E-state index is 15.5. The van der Waals surface area contributed by atoms with Crippen molar-refractivity contribution in [2.24, 2.45) is 11.8 Å². The summed E-state index contributed by atoms with van der Waals surface area (Å²) in [5, 5.41) is 10.1. The van der Waals surface area contributed by atoms with Gasteiger partial charge in [-0.2, -0.15) is 0 Å². The largest absolute Gasteiger partial charge is 0.493 e. The normalized spacial score (nSPS) is 12.6. The van der Waals surface area contributed by atoms with Crippen molar-refractivity contribution in [2.75, 3.05) is 27.4 Å².